The molecule has 0 bridgehead atoms. The average molecular weight is 285 g/mol. The molecule has 6 nitrogen and oxygen atoms in total. The minimum Gasteiger partial charge on any atom is -0.336 e. The summed E-state index contributed by atoms with van der Waals surface area (Å²) in [7, 11) is 0. The van der Waals surface area contributed by atoms with E-state index >= 15 is 0 Å². The molecule has 1 N–H and O–H groups in total. The fourth-order valence-electron chi connectivity index (χ4n) is 2.63. The first-order valence-corrected chi connectivity index (χ1v) is 6.81. The van der Waals surface area contributed by atoms with E-state index in [1.807, 2.05) is 18.2 Å². The summed E-state index contributed by atoms with van der Waals surface area (Å²) < 4.78 is 1.49. The number of nitrogens with one attached hydrogen (secondary N) is 1. The number of aromatic nitrogens is 2. The Morgan fingerprint density at radius 1 is 1.14 bits per heavy atom. The first kappa shape index (κ1) is 13.4. The van der Waals surface area contributed by atoms with Crippen LogP contribution in [0.25, 0.3) is 0 Å². The van der Waals surface area contributed by atoms with Crippen LogP contribution in [0, 0.1) is 0 Å². The van der Waals surface area contributed by atoms with E-state index in [1.165, 1.54) is 16.8 Å². The van der Waals surface area contributed by atoms with Crippen LogP contribution in [0.5, 0.6) is 0 Å². The van der Waals surface area contributed by atoms with Gasteiger partial charge in [-0.05, 0) is 18.6 Å². The molecule has 0 aliphatic carbocycles. The molecular weight excluding hydrogens is 270 g/mol. The van der Waals surface area contributed by atoms with E-state index in [4.69, 9.17) is 0 Å². The molecule has 2 heterocycles. The molecule has 3 rings (SSSR count). The fraction of sp³-hybridized carbons (Fsp3) is 0.267. The van der Waals surface area contributed by atoms with E-state index < -0.39 is 11.2 Å². The number of nitrogens with zero attached hydrogens (tertiary/aromatic N) is 2. The minimum atomic E-state index is -0.429. The lowest BCUT2D eigenvalue weighted by atomic mass is 10.2. The third-order valence-corrected chi connectivity index (χ3v) is 3.72. The molecule has 0 radical (unpaired) electrons. The number of aromatic amines is 1. The number of rotatable bonds is 2. The summed E-state index contributed by atoms with van der Waals surface area (Å²) in [5.74, 6) is -0.0319. The molecule has 1 aromatic heterocycles. The van der Waals surface area contributed by atoms with E-state index in [0.29, 0.717) is 25.1 Å². The van der Waals surface area contributed by atoms with Crippen LogP contribution in [0.1, 0.15) is 22.8 Å². The van der Waals surface area contributed by atoms with Crippen LogP contribution >= 0.6 is 0 Å². The summed E-state index contributed by atoms with van der Waals surface area (Å²) in [4.78, 5) is 39.2. The van der Waals surface area contributed by atoms with Gasteiger partial charge in [0.2, 0.25) is 0 Å². The van der Waals surface area contributed by atoms with Crippen molar-refractivity contribution in [3.8, 4) is 0 Å². The fourth-order valence-corrected chi connectivity index (χ4v) is 2.63. The van der Waals surface area contributed by atoms with Crippen LogP contribution in [0.15, 0.2) is 52.2 Å². The summed E-state index contributed by atoms with van der Waals surface area (Å²) in [6, 6.07) is 10.3. The highest BCUT2D eigenvalue weighted by Gasteiger charge is 2.28. The predicted molar refractivity (Wildman–Crippen MR) is 77.3 cm³/mol. The highest BCUT2D eigenvalue weighted by Crippen LogP contribution is 2.21. The second-order valence-electron chi connectivity index (χ2n) is 5.08. The lowest BCUT2D eigenvalue weighted by Crippen LogP contribution is -2.34. The Balaban J connectivity index is 1.78. The van der Waals surface area contributed by atoms with Crippen molar-refractivity contribution in [2.24, 2.45) is 0 Å². The van der Waals surface area contributed by atoms with Crippen LogP contribution in [-0.4, -0.2) is 33.4 Å². The maximum Gasteiger partial charge on any atom is 0.328 e. The summed E-state index contributed by atoms with van der Waals surface area (Å²) in [6.07, 6.45) is 2.19. The Morgan fingerprint density at radius 3 is 2.62 bits per heavy atom. The van der Waals surface area contributed by atoms with Crippen LogP contribution < -0.4 is 11.2 Å². The molecule has 2 aromatic rings. The van der Waals surface area contributed by atoms with Gasteiger partial charge in [0.05, 0.1) is 6.04 Å². The molecule has 1 fully saturated rings. The maximum atomic E-state index is 12.3. The monoisotopic (exact) mass is 285 g/mol. The second-order valence-corrected chi connectivity index (χ2v) is 5.08. The number of likely N-dealkylation sites (tertiary alicyclic amines) is 1. The van der Waals surface area contributed by atoms with Gasteiger partial charge in [0.15, 0.2) is 0 Å². The number of hydrogen-bond acceptors (Lipinski definition) is 3. The molecule has 1 aromatic carbocycles. The lowest BCUT2D eigenvalue weighted by Gasteiger charge is -2.17. The summed E-state index contributed by atoms with van der Waals surface area (Å²) in [5, 5.41) is 0. The molecule has 6 heteroatoms. The first-order chi connectivity index (χ1) is 10.1. The molecule has 108 valence electrons. The van der Waals surface area contributed by atoms with Crippen LogP contribution in [0.4, 0.5) is 0 Å². The van der Waals surface area contributed by atoms with E-state index in [9.17, 15) is 14.4 Å². The standard InChI is InChI=1S/C15H15N3O3/c19-13-7-9-18(15(21)16-13)12-6-8-17(10-12)14(20)11-4-2-1-3-5-11/h1-5,7,9,12H,6,8,10H2,(H,16,19,21)/t12-/m1/s1. The van der Waals surface area contributed by atoms with Gasteiger partial charge in [-0.2, -0.15) is 0 Å². The third-order valence-electron chi connectivity index (χ3n) is 3.72. The van der Waals surface area contributed by atoms with Crippen molar-refractivity contribution in [2.75, 3.05) is 13.1 Å². The Kier molecular flexibility index (Phi) is 3.43. The largest absolute Gasteiger partial charge is 0.336 e. The lowest BCUT2D eigenvalue weighted by molar-refractivity contribution is 0.0787. The van der Waals surface area contributed by atoms with Gasteiger partial charge in [-0.25, -0.2) is 4.79 Å². The van der Waals surface area contributed by atoms with Crippen molar-refractivity contribution < 1.29 is 4.79 Å². The zero-order chi connectivity index (χ0) is 14.8. The number of H-pyrrole nitrogens is 1. The number of benzene rings is 1. The SMILES string of the molecule is O=C(c1ccccc1)N1CC[C@@H](n2ccc(=O)[nH]c2=O)C1. The second kappa shape index (κ2) is 5.40. The number of hydrogen-bond donors (Lipinski definition) is 1. The molecule has 0 spiro atoms. The van der Waals surface area contributed by atoms with Crippen LogP contribution in [0.2, 0.25) is 0 Å². The summed E-state index contributed by atoms with van der Waals surface area (Å²) >= 11 is 0. The molecule has 1 saturated heterocycles. The number of amides is 1. The molecule has 1 aliphatic heterocycles. The molecule has 1 atom stereocenters. The van der Waals surface area contributed by atoms with Crippen molar-refractivity contribution in [3.05, 3.63) is 69.0 Å². The van der Waals surface area contributed by atoms with Crippen LogP contribution in [-0.2, 0) is 0 Å². The van der Waals surface area contributed by atoms with Crippen LogP contribution in [0.3, 0.4) is 0 Å². The molecule has 0 saturated carbocycles. The van der Waals surface area contributed by atoms with Gasteiger partial charge in [-0.15, -0.1) is 0 Å². The average Bonchev–Trinajstić information content (AvgIpc) is 2.97. The molecule has 21 heavy (non-hydrogen) atoms. The predicted octanol–water partition coefficient (Wildman–Crippen LogP) is 0.624. The van der Waals surface area contributed by atoms with Gasteiger partial charge in [0.1, 0.15) is 0 Å². The van der Waals surface area contributed by atoms with E-state index in [1.54, 1.807) is 17.0 Å². The van der Waals surface area contributed by atoms with E-state index in [-0.39, 0.29) is 11.9 Å². The van der Waals surface area contributed by atoms with Gasteiger partial charge < -0.3 is 4.90 Å². The maximum absolute atomic E-state index is 12.3. The Morgan fingerprint density at radius 2 is 1.90 bits per heavy atom. The number of carbonyl (C=O) groups excluding carboxylic acids is 1. The normalized spacial score (nSPS) is 17.9. The van der Waals surface area contributed by atoms with Gasteiger partial charge in [0, 0.05) is 30.9 Å². The minimum absolute atomic E-state index is 0.0319. The zero-order valence-electron chi connectivity index (χ0n) is 11.4. The number of carbonyl (C=O) groups is 1. The summed E-state index contributed by atoms with van der Waals surface area (Å²) in [5.41, 5.74) is -0.194. The molecular formula is C15H15N3O3. The van der Waals surface area contributed by atoms with E-state index in [2.05, 4.69) is 4.98 Å². The van der Waals surface area contributed by atoms with Gasteiger partial charge in [0.25, 0.3) is 11.5 Å². The highest BCUT2D eigenvalue weighted by molar-refractivity contribution is 5.94. The topological polar surface area (TPSA) is 75.2 Å². The van der Waals surface area contributed by atoms with Crippen molar-refractivity contribution in [1.29, 1.82) is 0 Å². The summed E-state index contributed by atoms with van der Waals surface area (Å²) in [6.45, 7) is 1.07. The Bertz CT molecular complexity index is 763. The van der Waals surface area contributed by atoms with Crippen molar-refractivity contribution >= 4 is 5.91 Å². The van der Waals surface area contributed by atoms with Gasteiger partial charge in [-0.3, -0.25) is 19.1 Å². The highest BCUT2D eigenvalue weighted by atomic mass is 16.2. The quantitative estimate of drug-likeness (QED) is 0.879. The molecule has 1 amide bonds. The first-order valence-electron chi connectivity index (χ1n) is 6.81. The Hall–Kier alpha value is -2.63. The molecule has 0 unspecified atom stereocenters. The van der Waals surface area contributed by atoms with Gasteiger partial charge >= 0.3 is 5.69 Å². The Labute approximate surface area is 120 Å². The zero-order valence-corrected chi connectivity index (χ0v) is 11.4. The van der Waals surface area contributed by atoms with E-state index in [0.717, 1.165) is 0 Å². The smallest absolute Gasteiger partial charge is 0.328 e. The molecule has 1 aliphatic rings. The van der Waals surface area contributed by atoms with Crippen molar-refractivity contribution in [2.45, 2.75) is 12.5 Å². The van der Waals surface area contributed by atoms with Crippen molar-refractivity contribution in [3.63, 3.8) is 0 Å². The van der Waals surface area contributed by atoms with Gasteiger partial charge in [-0.1, -0.05) is 18.2 Å². The van der Waals surface area contributed by atoms with Crippen molar-refractivity contribution in [1.82, 2.24) is 14.5 Å². The third kappa shape index (κ3) is 2.65.